The van der Waals surface area contributed by atoms with Crippen LogP contribution in [0.15, 0.2) is 22.7 Å². The van der Waals surface area contributed by atoms with Gasteiger partial charge in [-0.05, 0) is 52.2 Å². The number of hydrogen-bond donors (Lipinski definition) is 1. The third kappa shape index (κ3) is 5.38. The Morgan fingerprint density at radius 3 is 2.72 bits per heavy atom. The van der Waals surface area contributed by atoms with Gasteiger partial charge in [0.2, 0.25) is 0 Å². The monoisotopic (exact) mass is 314 g/mol. The van der Waals surface area contributed by atoms with Crippen LogP contribution in [0.5, 0.6) is 5.75 Å². The predicted molar refractivity (Wildman–Crippen MR) is 80.2 cm³/mol. The van der Waals surface area contributed by atoms with Crippen molar-refractivity contribution < 1.29 is 4.74 Å². The summed E-state index contributed by atoms with van der Waals surface area (Å²) in [6.07, 6.45) is 1.14. The van der Waals surface area contributed by atoms with Gasteiger partial charge >= 0.3 is 0 Å². The lowest BCUT2D eigenvalue weighted by Gasteiger charge is -2.17. The molecule has 0 heterocycles. The van der Waals surface area contributed by atoms with Crippen molar-refractivity contribution in [3.8, 4) is 5.75 Å². The van der Waals surface area contributed by atoms with Crippen LogP contribution in [0, 0.1) is 0 Å². The van der Waals surface area contributed by atoms with Gasteiger partial charge in [-0.2, -0.15) is 0 Å². The fourth-order valence-corrected chi connectivity index (χ4v) is 2.13. The first-order valence-corrected chi connectivity index (χ1v) is 7.02. The summed E-state index contributed by atoms with van der Waals surface area (Å²) in [5.41, 5.74) is 1.18. The highest BCUT2D eigenvalue weighted by atomic mass is 79.9. The number of nitrogens with zero attached hydrogens (tertiary/aromatic N) is 1. The summed E-state index contributed by atoms with van der Waals surface area (Å²) in [6.45, 7) is 4.15. The van der Waals surface area contributed by atoms with Gasteiger partial charge in [0, 0.05) is 22.6 Å². The number of halogens is 1. The SMILES string of the molecule is COc1ccc(Br)cc1CNC(C)CCN(C)C. The van der Waals surface area contributed by atoms with Crippen LogP contribution in [0.25, 0.3) is 0 Å². The predicted octanol–water partition coefficient (Wildman–Crippen LogP) is 2.89. The fourth-order valence-electron chi connectivity index (χ4n) is 1.72. The molecule has 0 aromatic heterocycles. The van der Waals surface area contributed by atoms with Crippen LogP contribution in [0.4, 0.5) is 0 Å². The van der Waals surface area contributed by atoms with Crippen molar-refractivity contribution in [2.75, 3.05) is 27.7 Å². The molecule has 0 spiro atoms. The van der Waals surface area contributed by atoms with E-state index in [0.29, 0.717) is 6.04 Å². The van der Waals surface area contributed by atoms with Crippen molar-refractivity contribution in [1.29, 1.82) is 0 Å². The van der Waals surface area contributed by atoms with E-state index in [4.69, 9.17) is 4.74 Å². The van der Waals surface area contributed by atoms with Crippen LogP contribution in [0.2, 0.25) is 0 Å². The van der Waals surface area contributed by atoms with E-state index in [2.05, 4.69) is 53.2 Å². The minimum absolute atomic E-state index is 0.496. The number of hydrogen-bond acceptors (Lipinski definition) is 3. The first kappa shape index (κ1) is 15.5. The first-order valence-electron chi connectivity index (χ1n) is 6.23. The Hall–Kier alpha value is -0.580. The van der Waals surface area contributed by atoms with Gasteiger partial charge in [-0.1, -0.05) is 15.9 Å². The molecule has 0 aliphatic carbocycles. The Labute approximate surface area is 119 Å². The van der Waals surface area contributed by atoms with Crippen molar-refractivity contribution in [2.24, 2.45) is 0 Å². The molecule has 4 heteroatoms. The number of nitrogens with one attached hydrogen (secondary N) is 1. The van der Waals surface area contributed by atoms with Crippen LogP contribution < -0.4 is 10.1 Å². The molecule has 0 saturated heterocycles. The molecule has 0 radical (unpaired) electrons. The third-order valence-electron chi connectivity index (χ3n) is 2.89. The van der Waals surface area contributed by atoms with Gasteiger partial charge in [-0.15, -0.1) is 0 Å². The molecule has 0 aliphatic heterocycles. The lowest BCUT2D eigenvalue weighted by atomic mass is 10.1. The van der Waals surface area contributed by atoms with Crippen LogP contribution in [-0.4, -0.2) is 38.7 Å². The van der Waals surface area contributed by atoms with Crippen LogP contribution >= 0.6 is 15.9 Å². The molecule has 3 nitrogen and oxygen atoms in total. The first-order chi connectivity index (χ1) is 8.52. The normalized spacial score (nSPS) is 12.8. The Kier molecular flexibility index (Phi) is 6.68. The molecule has 102 valence electrons. The van der Waals surface area contributed by atoms with E-state index in [0.717, 1.165) is 29.7 Å². The number of ether oxygens (including phenoxy) is 1. The van der Waals surface area contributed by atoms with E-state index in [1.54, 1.807) is 7.11 Å². The van der Waals surface area contributed by atoms with Crippen molar-refractivity contribution in [3.63, 3.8) is 0 Å². The third-order valence-corrected chi connectivity index (χ3v) is 3.39. The Balaban J connectivity index is 2.49. The minimum Gasteiger partial charge on any atom is -0.496 e. The highest BCUT2D eigenvalue weighted by Gasteiger charge is 2.06. The van der Waals surface area contributed by atoms with Gasteiger partial charge in [0.15, 0.2) is 0 Å². The standard InChI is InChI=1S/C14H23BrN2O/c1-11(7-8-17(2)3)16-10-12-9-13(15)5-6-14(12)18-4/h5-6,9,11,16H,7-8,10H2,1-4H3. The van der Waals surface area contributed by atoms with E-state index < -0.39 is 0 Å². The van der Waals surface area contributed by atoms with Crippen molar-refractivity contribution in [2.45, 2.75) is 25.9 Å². The molecule has 0 fully saturated rings. The zero-order valence-corrected chi connectivity index (χ0v) is 13.3. The Bertz CT molecular complexity index is 369. The largest absolute Gasteiger partial charge is 0.496 e. The highest BCUT2D eigenvalue weighted by molar-refractivity contribution is 9.10. The minimum atomic E-state index is 0.496. The quantitative estimate of drug-likeness (QED) is 0.837. The van der Waals surface area contributed by atoms with Gasteiger partial charge in [0.1, 0.15) is 5.75 Å². The van der Waals surface area contributed by atoms with Crippen molar-refractivity contribution >= 4 is 15.9 Å². The number of benzene rings is 1. The van der Waals surface area contributed by atoms with Crippen LogP contribution in [0.3, 0.4) is 0 Å². The van der Waals surface area contributed by atoms with E-state index >= 15 is 0 Å². The molecule has 1 atom stereocenters. The maximum Gasteiger partial charge on any atom is 0.123 e. The highest BCUT2D eigenvalue weighted by Crippen LogP contribution is 2.22. The maximum absolute atomic E-state index is 5.36. The summed E-state index contributed by atoms with van der Waals surface area (Å²) in [6, 6.07) is 6.59. The second kappa shape index (κ2) is 7.77. The fraction of sp³-hybridized carbons (Fsp3) is 0.571. The van der Waals surface area contributed by atoms with Gasteiger partial charge < -0.3 is 15.0 Å². The van der Waals surface area contributed by atoms with E-state index in [1.165, 1.54) is 5.56 Å². The van der Waals surface area contributed by atoms with Gasteiger partial charge in [-0.3, -0.25) is 0 Å². The molecule has 0 bridgehead atoms. The number of methoxy groups -OCH3 is 1. The second-order valence-corrected chi connectivity index (χ2v) is 5.75. The van der Waals surface area contributed by atoms with Gasteiger partial charge in [0.25, 0.3) is 0 Å². The summed E-state index contributed by atoms with van der Waals surface area (Å²) in [5.74, 6) is 0.936. The molecular formula is C14H23BrN2O. The van der Waals surface area contributed by atoms with Crippen LogP contribution in [0.1, 0.15) is 18.9 Å². The molecule has 0 saturated carbocycles. The zero-order valence-electron chi connectivity index (χ0n) is 11.7. The lowest BCUT2D eigenvalue weighted by molar-refractivity contribution is 0.363. The summed E-state index contributed by atoms with van der Waals surface area (Å²) >= 11 is 3.49. The zero-order chi connectivity index (χ0) is 13.5. The van der Waals surface area contributed by atoms with Crippen LogP contribution in [-0.2, 0) is 6.54 Å². The Morgan fingerprint density at radius 1 is 1.39 bits per heavy atom. The molecule has 1 N–H and O–H groups in total. The summed E-state index contributed by atoms with van der Waals surface area (Å²) < 4.78 is 6.45. The molecule has 18 heavy (non-hydrogen) atoms. The summed E-state index contributed by atoms with van der Waals surface area (Å²) in [4.78, 5) is 2.21. The molecule has 1 aromatic carbocycles. The molecule has 1 aromatic rings. The average molecular weight is 315 g/mol. The summed E-state index contributed by atoms with van der Waals surface area (Å²) in [5, 5.41) is 3.53. The van der Waals surface area contributed by atoms with Crippen molar-refractivity contribution in [1.82, 2.24) is 10.2 Å². The average Bonchev–Trinajstić information content (AvgIpc) is 2.34. The smallest absolute Gasteiger partial charge is 0.123 e. The van der Waals surface area contributed by atoms with E-state index in [1.807, 2.05) is 12.1 Å². The number of rotatable bonds is 7. The molecule has 1 unspecified atom stereocenters. The van der Waals surface area contributed by atoms with Gasteiger partial charge in [-0.25, -0.2) is 0 Å². The van der Waals surface area contributed by atoms with Crippen molar-refractivity contribution in [3.05, 3.63) is 28.2 Å². The molecule has 0 aliphatic rings. The summed E-state index contributed by atoms with van der Waals surface area (Å²) in [7, 11) is 5.91. The topological polar surface area (TPSA) is 24.5 Å². The van der Waals surface area contributed by atoms with Gasteiger partial charge in [0.05, 0.1) is 7.11 Å². The second-order valence-electron chi connectivity index (χ2n) is 4.83. The van der Waals surface area contributed by atoms with E-state index in [9.17, 15) is 0 Å². The maximum atomic E-state index is 5.36. The lowest BCUT2D eigenvalue weighted by Crippen LogP contribution is -2.29. The van der Waals surface area contributed by atoms with E-state index in [-0.39, 0.29) is 0 Å². The molecular weight excluding hydrogens is 292 g/mol. The molecule has 0 amide bonds. The Morgan fingerprint density at radius 2 is 2.11 bits per heavy atom. The molecule has 1 rings (SSSR count).